The fourth-order valence-corrected chi connectivity index (χ4v) is 2.83. The van der Waals surface area contributed by atoms with Crippen molar-refractivity contribution >= 4 is 15.8 Å². The molecule has 0 amide bonds. The minimum atomic E-state index is -3.10. The van der Waals surface area contributed by atoms with E-state index in [1.165, 1.54) is 6.42 Å². The minimum Gasteiger partial charge on any atom is -0.480 e. The lowest BCUT2D eigenvalue weighted by Gasteiger charge is -2.26. The molecule has 1 saturated carbocycles. The van der Waals surface area contributed by atoms with E-state index in [0.717, 1.165) is 31.9 Å². The van der Waals surface area contributed by atoms with E-state index in [1.54, 1.807) is 0 Å². The lowest BCUT2D eigenvalue weighted by Crippen LogP contribution is -2.45. The summed E-state index contributed by atoms with van der Waals surface area (Å²) in [6.45, 7) is 0. The van der Waals surface area contributed by atoms with E-state index in [2.05, 4.69) is 5.32 Å². The lowest BCUT2D eigenvalue weighted by atomic mass is 9.94. The van der Waals surface area contributed by atoms with Gasteiger partial charge in [0.2, 0.25) is 0 Å². The topological polar surface area (TPSA) is 83.5 Å². The molecule has 0 heterocycles. The molecule has 0 aliphatic heterocycles. The zero-order valence-electron chi connectivity index (χ0n) is 10.2. The van der Waals surface area contributed by atoms with E-state index < -0.39 is 21.8 Å². The Bertz CT molecular complexity index is 346. The van der Waals surface area contributed by atoms with Crippen LogP contribution in [-0.4, -0.2) is 43.6 Å². The summed E-state index contributed by atoms with van der Waals surface area (Å²) in [7, 11) is -3.10. The molecule has 2 N–H and O–H groups in total. The summed E-state index contributed by atoms with van der Waals surface area (Å²) in [5.41, 5.74) is 0. The van der Waals surface area contributed by atoms with Crippen LogP contribution in [0, 0.1) is 0 Å². The van der Waals surface area contributed by atoms with Crippen LogP contribution in [0.3, 0.4) is 0 Å². The van der Waals surface area contributed by atoms with Gasteiger partial charge in [-0.3, -0.25) is 4.79 Å². The maximum atomic E-state index is 11.0. The molecule has 0 aromatic carbocycles. The Morgan fingerprint density at radius 2 is 1.94 bits per heavy atom. The Balaban J connectivity index is 2.45. The molecule has 17 heavy (non-hydrogen) atoms. The quantitative estimate of drug-likeness (QED) is 0.740. The Hall–Kier alpha value is -0.620. The second-order valence-electron chi connectivity index (χ2n) is 4.81. The van der Waals surface area contributed by atoms with Crippen molar-refractivity contribution in [2.45, 2.75) is 50.6 Å². The number of carboxylic acids is 1. The van der Waals surface area contributed by atoms with Gasteiger partial charge in [-0.25, -0.2) is 8.42 Å². The largest absolute Gasteiger partial charge is 0.480 e. The Kier molecular flexibility index (Phi) is 5.39. The molecule has 0 bridgehead atoms. The van der Waals surface area contributed by atoms with Gasteiger partial charge in [0.05, 0.1) is 5.75 Å². The van der Waals surface area contributed by atoms with Crippen molar-refractivity contribution in [3.8, 4) is 0 Å². The first kappa shape index (κ1) is 14.4. The molecule has 0 saturated heterocycles. The number of rotatable bonds is 6. The van der Waals surface area contributed by atoms with Gasteiger partial charge in [0.25, 0.3) is 0 Å². The van der Waals surface area contributed by atoms with E-state index in [9.17, 15) is 13.2 Å². The van der Waals surface area contributed by atoms with Crippen LogP contribution in [0.15, 0.2) is 0 Å². The molecule has 0 spiro atoms. The minimum absolute atomic E-state index is 0.0797. The van der Waals surface area contributed by atoms with Crippen LogP contribution >= 0.6 is 0 Å². The molecule has 0 radical (unpaired) electrons. The average molecular weight is 263 g/mol. The third kappa shape index (κ3) is 6.02. The van der Waals surface area contributed by atoms with Crippen LogP contribution in [0.1, 0.15) is 38.5 Å². The zero-order chi connectivity index (χ0) is 12.9. The first-order valence-corrected chi connectivity index (χ1v) is 8.11. The van der Waals surface area contributed by atoms with Crippen molar-refractivity contribution < 1.29 is 18.3 Å². The average Bonchev–Trinajstić information content (AvgIpc) is 2.24. The second kappa shape index (κ2) is 6.35. The van der Waals surface area contributed by atoms with Crippen LogP contribution in [0.25, 0.3) is 0 Å². The van der Waals surface area contributed by atoms with E-state index >= 15 is 0 Å². The Morgan fingerprint density at radius 1 is 1.35 bits per heavy atom. The predicted molar refractivity (Wildman–Crippen MR) is 65.8 cm³/mol. The van der Waals surface area contributed by atoms with Crippen LogP contribution in [-0.2, 0) is 14.6 Å². The first-order valence-electron chi connectivity index (χ1n) is 6.05. The van der Waals surface area contributed by atoms with Gasteiger partial charge in [0.1, 0.15) is 15.9 Å². The van der Waals surface area contributed by atoms with Crippen molar-refractivity contribution in [2.75, 3.05) is 12.0 Å². The fraction of sp³-hybridized carbons (Fsp3) is 0.909. The summed E-state index contributed by atoms with van der Waals surface area (Å²) >= 11 is 0. The highest BCUT2D eigenvalue weighted by Gasteiger charge is 2.23. The summed E-state index contributed by atoms with van der Waals surface area (Å²) in [5, 5.41) is 12.1. The monoisotopic (exact) mass is 263 g/mol. The first-order chi connectivity index (χ1) is 7.88. The van der Waals surface area contributed by atoms with E-state index in [-0.39, 0.29) is 18.2 Å². The van der Waals surface area contributed by atoms with Gasteiger partial charge in [0.15, 0.2) is 0 Å². The van der Waals surface area contributed by atoms with Crippen molar-refractivity contribution in [1.29, 1.82) is 0 Å². The molecule has 0 aromatic rings. The van der Waals surface area contributed by atoms with Crippen molar-refractivity contribution in [3.63, 3.8) is 0 Å². The normalized spacial score (nSPS) is 20.1. The number of nitrogens with one attached hydrogen (secondary N) is 1. The third-order valence-corrected chi connectivity index (χ3v) is 4.09. The molecule has 1 fully saturated rings. The molecule has 6 heteroatoms. The number of carboxylic acid groups (broad SMARTS) is 1. The Labute approximate surface area is 103 Å². The maximum absolute atomic E-state index is 11.0. The molecule has 1 unspecified atom stereocenters. The van der Waals surface area contributed by atoms with Gasteiger partial charge in [0, 0.05) is 12.3 Å². The van der Waals surface area contributed by atoms with E-state index in [0.29, 0.717) is 0 Å². The molecule has 1 aliphatic carbocycles. The number of sulfone groups is 1. The molecule has 5 nitrogen and oxygen atoms in total. The van der Waals surface area contributed by atoms with Crippen molar-refractivity contribution in [2.24, 2.45) is 0 Å². The molecule has 1 atom stereocenters. The zero-order valence-corrected chi connectivity index (χ0v) is 11.0. The van der Waals surface area contributed by atoms with Crippen molar-refractivity contribution in [1.82, 2.24) is 5.32 Å². The second-order valence-corrected chi connectivity index (χ2v) is 7.07. The summed E-state index contributed by atoms with van der Waals surface area (Å²) < 4.78 is 22.1. The third-order valence-electron chi connectivity index (χ3n) is 3.12. The van der Waals surface area contributed by atoms with Gasteiger partial charge in [-0.2, -0.15) is 0 Å². The predicted octanol–water partition coefficient (Wildman–Crippen LogP) is 0.797. The summed E-state index contributed by atoms with van der Waals surface area (Å²) in [6, 6.07) is -0.516. The maximum Gasteiger partial charge on any atom is 0.320 e. The number of carbonyl (C=O) groups is 1. The molecule has 1 aliphatic rings. The van der Waals surface area contributed by atoms with Crippen LogP contribution in [0.2, 0.25) is 0 Å². The molecule has 0 aromatic heterocycles. The van der Waals surface area contributed by atoms with Gasteiger partial charge in [-0.15, -0.1) is 0 Å². The van der Waals surface area contributed by atoms with Gasteiger partial charge >= 0.3 is 5.97 Å². The SMILES string of the molecule is CS(=O)(=O)CCC(NC1CCCCC1)C(=O)O. The van der Waals surface area contributed by atoms with Gasteiger partial charge in [-0.1, -0.05) is 19.3 Å². The number of hydrogen-bond donors (Lipinski definition) is 2. The van der Waals surface area contributed by atoms with Crippen LogP contribution in [0.5, 0.6) is 0 Å². The molecular formula is C11H21NO4S. The Morgan fingerprint density at radius 3 is 2.41 bits per heavy atom. The highest BCUT2D eigenvalue weighted by molar-refractivity contribution is 7.90. The van der Waals surface area contributed by atoms with E-state index in [1.807, 2.05) is 0 Å². The summed E-state index contributed by atoms with van der Waals surface area (Å²) in [4.78, 5) is 11.0. The summed E-state index contributed by atoms with van der Waals surface area (Å²) in [5.74, 6) is -1.04. The smallest absolute Gasteiger partial charge is 0.320 e. The van der Waals surface area contributed by atoms with Crippen LogP contribution < -0.4 is 5.32 Å². The van der Waals surface area contributed by atoms with Crippen LogP contribution in [0.4, 0.5) is 0 Å². The highest BCUT2D eigenvalue weighted by atomic mass is 32.2. The van der Waals surface area contributed by atoms with Gasteiger partial charge in [-0.05, 0) is 19.3 Å². The number of hydrogen-bond acceptors (Lipinski definition) is 4. The van der Waals surface area contributed by atoms with Gasteiger partial charge < -0.3 is 10.4 Å². The molecule has 100 valence electrons. The summed E-state index contributed by atoms with van der Waals surface area (Å²) in [6.07, 6.45) is 6.70. The van der Waals surface area contributed by atoms with Crippen molar-refractivity contribution in [3.05, 3.63) is 0 Å². The standard InChI is InChI=1S/C11H21NO4S/c1-17(15,16)8-7-10(11(13)14)12-9-5-3-2-4-6-9/h9-10,12H,2-8H2,1H3,(H,13,14). The molecule has 1 rings (SSSR count). The fourth-order valence-electron chi connectivity index (χ4n) is 2.16. The number of aliphatic carboxylic acids is 1. The highest BCUT2D eigenvalue weighted by Crippen LogP contribution is 2.18. The lowest BCUT2D eigenvalue weighted by molar-refractivity contribution is -0.139. The molecular weight excluding hydrogens is 242 g/mol. The van der Waals surface area contributed by atoms with E-state index in [4.69, 9.17) is 5.11 Å².